The van der Waals surface area contributed by atoms with Crippen molar-refractivity contribution in [2.45, 2.75) is 38.4 Å². The lowest BCUT2D eigenvalue weighted by Crippen LogP contribution is -2.39. The Kier molecular flexibility index (Phi) is 5.79. The molecule has 4 heterocycles. The molecular weight excluding hydrogens is 396 g/mol. The van der Waals surface area contributed by atoms with Crippen molar-refractivity contribution in [2.24, 2.45) is 7.05 Å². The van der Waals surface area contributed by atoms with Crippen LogP contribution in [0.3, 0.4) is 0 Å². The van der Waals surface area contributed by atoms with E-state index in [-0.39, 0.29) is 5.91 Å². The second-order valence-electron chi connectivity index (χ2n) is 8.24. The van der Waals surface area contributed by atoms with Crippen molar-refractivity contribution in [3.8, 4) is 11.3 Å². The number of carbonyl (C=O) groups excluding carboxylic acids is 1. The third-order valence-electron chi connectivity index (χ3n) is 6.01. The molecule has 0 radical (unpaired) electrons. The average Bonchev–Trinajstić information content (AvgIpc) is 3.34. The summed E-state index contributed by atoms with van der Waals surface area (Å²) in [5.74, 6) is 0.317. The Balaban J connectivity index is 1.90. The highest BCUT2D eigenvalue weighted by Crippen LogP contribution is 2.38. The minimum Gasteiger partial charge on any atom is -0.392 e. The molecule has 8 heteroatoms. The molecule has 0 unspecified atom stereocenters. The first kappa shape index (κ1) is 21.4. The summed E-state index contributed by atoms with van der Waals surface area (Å²) in [6, 6.07) is 5.87. The molecule has 3 aromatic heterocycles. The number of aromatic nitrogens is 3. The number of methoxy groups -OCH3 is 1. The van der Waals surface area contributed by atoms with E-state index in [1.54, 1.807) is 20.2 Å². The fourth-order valence-corrected chi connectivity index (χ4v) is 4.29. The number of rotatable bonds is 6. The number of ether oxygens (including phenoxy) is 2. The number of fused-ring (bicyclic) bond motifs is 1. The van der Waals surface area contributed by atoms with Crippen molar-refractivity contribution in [2.75, 3.05) is 25.6 Å². The molecule has 1 fully saturated rings. The number of aliphatic hydroxyl groups is 1. The van der Waals surface area contributed by atoms with Gasteiger partial charge in [-0.05, 0) is 37.1 Å². The molecule has 164 valence electrons. The number of hydrogen-bond donors (Lipinski definition) is 2. The van der Waals surface area contributed by atoms with E-state index in [1.807, 2.05) is 36.0 Å². The van der Waals surface area contributed by atoms with Crippen LogP contribution >= 0.6 is 0 Å². The van der Waals surface area contributed by atoms with E-state index in [2.05, 4.69) is 10.3 Å². The highest BCUT2D eigenvalue weighted by Gasteiger charge is 2.43. The van der Waals surface area contributed by atoms with Gasteiger partial charge in [-0.25, -0.2) is 4.98 Å². The Morgan fingerprint density at radius 2 is 2.23 bits per heavy atom. The SMILES string of the molecule is COCc1cc(-c2cn(C)c3cnc(NC(C)=O)cc23)nc([C@]2([C@H](C)O)CCOC2)c1. The van der Waals surface area contributed by atoms with Crippen molar-refractivity contribution in [3.05, 3.63) is 41.9 Å². The molecule has 4 rings (SSSR count). The number of aliphatic hydroxyl groups excluding tert-OH is 1. The maximum atomic E-state index is 11.5. The molecular formula is C23H28N4O4. The lowest BCUT2D eigenvalue weighted by Gasteiger charge is -2.30. The molecule has 0 bridgehead atoms. The number of nitrogens with one attached hydrogen (secondary N) is 1. The lowest BCUT2D eigenvalue weighted by atomic mass is 9.78. The Morgan fingerprint density at radius 1 is 1.42 bits per heavy atom. The minimum atomic E-state index is -0.601. The number of amides is 1. The first-order valence-corrected chi connectivity index (χ1v) is 10.3. The van der Waals surface area contributed by atoms with Gasteiger partial charge in [-0.2, -0.15) is 0 Å². The summed E-state index contributed by atoms with van der Waals surface area (Å²) in [6.07, 6.45) is 3.86. The highest BCUT2D eigenvalue weighted by molar-refractivity contribution is 5.98. The quantitative estimate of drug-likeness (QED) is 0.631. The minimum absolute atomic E-state index is 0.174. The van der Waals surface area contributed by atoms with Crippen LogP contribution in [0.15, 0.2) is 30.6 Å². The summed E-state index contributed by atoms with van der Waals surface area (Å²) in [7, 11) is 3.61. The summed E-state index contributed by atoms with van der Waals surface area (Å²) in [6.45, 7) is 4.71. The predicted molar refractivity (Wildman–Crippen MR) is 118 cm³/mol. The average molecular weight is 425 g/mol. The smallest absolute Gasteiger partial charge is 0.222 e. The van der Waals surface area contributed by atoms with E-state index in [0.717, 1.165) is 33.4 Å². The summed E-state index contributed by atoms with van der Waals surface area (Å²) in [5.41, 5.74) is 3.86. The Labute approximate surface area is 181 Å². The summed E-state index contributed by atoms with van der Waals surface area (Å²) in [4.78, 5) is 20.8. The zero-order chi connectivity index (χ0) is 22.2. The van der Waals surface area contributed by atoms with Gasteiger partial charge in [0.05, 0.1) is 47.8 Å². The number of nitrogens with zero attached hydrogens (tertiary/aromatic N) is 3. The van der Waals surface area contributed by atoms with Crippen molar-refractivity contribution in [1.82, 2.24) is 14.5 Å². The molecule has 31 heavy (non-hydrogen) atoms. The molecule has 0 aliphatic carbocycles. The molecule has 1 saturated heterocycles. The van der Waals surface area contributed by atoms with Gasteiger partial charge in [0, 0.05) is 44.8 Å². The molecule has 0 spiro atoms. The molecule has 1 amide bonds. The molecule has 1 aliphatic rings. The van der Waals surface area contributed by atoms with Gasteiger partial charge >= 0.3 is 0 Å². The molecule has 2 atom stereocenters. The topological polar surface area (TPSA) is 98.5 Å². The van der Waals surface area contributed by atoms with Crippen LogP contribution in [0.25, 0.3) is 22.2 Å². The van der Waals surface area contributed by atoms with Crippen molar-refractivity contribution in [3.63, 3.8) is 0 Å². The number of pyridine rings is 2. The number of anilines is 1. The van der Waals surface area contributed by atoms with Crippen molar-refractivity contribution >= 4 is 22.6 Å². The lowest BCUT2D eigenvalue weighted by molar-refractivity contribution is -0.114. The first-order chi connectivity index (χ1) is 14.8. The monoisotopic (exact) mass is 424 g/mol. The third-order valence-corrected chi connectivity index (χ3v) is 6.01. The maximum absolute atomic E-state index is 11.5. The van der Waals surface area contributed by atoms with Crippen LogP contribution in [0.5, 0.6) is 0 Å². The van der Waals surface area contributed by atoms with Crippen LogP contribution in [-0.2, 0) is 33.3 Å². The van der Waals surface area contributed by atoms with E-state index in [0.29, 0.717) is 32.1 Å². The zero-order valence-corrected chi connectivity index (χ0v) is 18.3. The molecule has 2 N–H and O–H groups in total. The normalized spacial score (nSPS) is 19.6. The molecule has 8 nitrogen and oxygen atoms in total. The van der Waals surface area contributed by atoms with Crippen LogP contribution in [0.1, 0.15) is 31.5 Å². The highest BCUT2D eigenvalue weighted by atomic mass is 16.5. The zero-order valence-electron chi connectivity index (χ0n) is 18.3. The van der Waals surface area contributed by atoms with Gasteiger partial charge < -0.3 is 24.5 Å². The van der Waals surface area contributed by atoms with Gasteiger partial charge in [-0.3, -0.25) is 9.78 Å². The van der Waals surface area contributed by atoms with Gasteiger partial charge in [0.1, 0.15) is 5.82 Å². The number of aryl methyl sites for hydroxylation is 1. The largest absolute Gasteiger partial charge is 0.392 e. The second kappa shape index (κ2) is 8.37. The summed E-state index contributed by atoms with van der Waals surface area (Å²) in [5, 5.41) is 14.3. The molecule has 1 aliphatic heterocycles. The molecule has 0 aromatic carbocycles. The Morgan fingerprint density at radius 3 is 2.87 bits per heavy atom. The van der Waals surface area contributed by atoms with Gasteiger partial charge in [0.25, 0.3) is 0 Å². The number of carbonyl (C=O) groups is 1. The van der Waals surface area contributed by atoms with Crippen molar-refractivity contribution < 1.29 is 19.4 Å². The Hall–Kier alpha value is -2.81. The number of hydrogen-bond acceptors (Lipinski definition) is 6. The van der Waals surface area contributed by atoms with Crippen LogP contribution in [0.4, 0.5) is 5.82 Å². The van der Waals surface area contributed by atoms with E-state index >= 15 is 0 Å². The van der Waals surface area contributed by atoms with E-state index in [4.69, 9.17) is 14.5 Å². The fourth-order valence-electron chi connectivity index (χ4n) is 4.29. The molecule has 0 saturated carbocycles. The van der Waals surface area contributed by atoms with Gasteiger partial charge in [-0.1, -0.05) is 0 Å². The van der Waals surface area contributed by atoms with E-state index < -0.39 is 11.5 Å². The van der Waals surface area contributed by atoms with Gasteiger partial charge in [0.15, 0.2) is 0 Å². The van der Waals surface area contributed by atoms with Gasteiger partial charge in [-0.15, -0.1) is 0 Å². The Bertz CT molecular complexity index is 1120. The first-order valence-electron chi connectivity index (χ1n) is 10.3. The van der Waals surface area contributed by atoms with Crippen LogP contribution in [-0.4, -0.2) is 52.0 Å². The summed E-state index contributed by atoms with van der Waals surface area (Å²) >= 11 is 0. The van der Waals surface area contributed by atoms with Crippen LogP contribution < -0.4 is 5.32 Å². The standard InChI is InChI=1S/C23H28N4O4/c1-14(28)23(5-6-31-13-23)21-8-16(12-30-4)7-19(26-21)18-11-27(3)20-10-24-22(9-17(18)20)25-15(2)29/h7-11,14,28H,5-6,12-13H2,1-4H3,(H,24,25,29)/t14-,23+/m0/s1. The molecule has 3 aromatic rings. The van der Waals surface area contributed by atoms with Gasteiger partial charge in [0.2, 0.25) is 5.91 Å². The van der Waals surface area contributed by atoms with E-state index in [9.17, 15) is 9.90 Å². The summed E-state index contributed by atoms with van der Waals surface area (Å²) < 4.78 is 13.1. The predicted octanol–water partition coefficient (Wildman–Crippen LogP) is 2.78. The fraction of sp³-hybridized carbons (Fsp3) is 0.435. The second-order valence-corrected chi connectivity index (χ2v) is 8.24. The van der Waals surface area contributed by atoms with Crippen LogP contribution in [0.2, 0.25) is 0 Å². The van der Waals surface area contributed by atoms with E-state index in [1.165, 1.54) is 6.92 Å². The van der Waals surface area contributed by atoms with Crippen LogP contribution in [0, 0.1) is 0 Å². The third kappa shape index (κ3) is 3.94. The van der Waals surface area contributed by atoms with Crippen molar-refractivity contribution in [1.29, 1.82) is 0 Å². The maximum Gasteiger partial charge on any atom is 0.222 e.